The predicted molar refractivity (Wildman–Crippen MR) is 32.5 cm³/mol. The third kappa shape index (κ3) is 5.98. The Kier molecular flexibility index (Phi) is 4.14. The van der Waals surface area contributed by atoms with E-state index in [0.29, 0.717) is 5.92 Å². The van der Waals surface area contributed by atoms with E-state index in [1.54, 1.807) is 7.98 Å². The van der Waals surface area contributed by atoms with Crippen LogP contribution in [0.4, 0.5) is 0 Å². The summed E-state index contributed by atoms with van der Waals surface area (Å²) in [5.74, 6) is 0.618. The van der Waals surface area contributed by atoms with Crippen LogP contribution in [0, 0.1) is 5.92 Å². The lowest BCUT2D eigenvalue weighted by Crippen LogP contribution is -2.13. The molecule has 0 aliphatic carbocycles. The summed E-state index contributed by atoms with van der Waals surface area (Å²) in [5.41, 5.74) is 0. The van der Waals surface area contributed by atoms with Crippen molar-refractivity contribution >= 4 is 7.98 Å². The Bertz CT molecular complexity index is 40.7. The molecule has 0 fully saturated rings. The molecular weight excluding hydrogens is 88.9 g/mol. The third-order valence-electron chi connectivity index (χ3n) is 0.561. The van der Waals surface area contributed by atoms with E-state index >= 15 is 0 Å². The van der Waals surface area contributed by atoms with Gasteiger partial charge in [-0.1, -0.05) is 13.8 Å². The van der Waals surface area contributed by atoms with Crippen molar-refractivity contribution in [3.8, 4) is 0 Å². The lowest BCUT2D eigenvalue weighted by atomic mass is 10.2. The molecule has 0 aromatic carbocycles. The molecule has 0 unspecified atom stereocenters. The Balaban J connectivity index is 2.68. The van der Waals surface area contributed by atoms with Gasteiger partial charge in [0.05, 0.1) is 6.61 Å². The Hall–Kier alpha value is -0.0151. The summed E-state index contributed by atoms with van der Waals surface area (Å²) in [6.07, 6.45) is 0. The average Bonchev–Trinajstić information content (AvgIpc) is 1.61. The van der Waals surface area contributed by atoms with Gasteiger partial charge in [-0.25, -0.2) is 0 Å². The van der Waals surface area contributed by atoms with Gasteiger partial charge in [-0.05, 0) is 5.92 Å². The molecule has 1 N–H and O–H groups in total. The zero-order chi connectivity index (χ0) is 5.70. The van der Waals surface area contributed by atoms with Crippen molar-refractivity contribution in [1.82, 2.24) is 5.39 Å². The summed E-state index contributed by atoms with van der Waals surface area (Å²) >= 11 is 0. The monoisotopic (exact) mass is 101 g/mol. The minimum Gasteiger partial charge on any atom is -0.314 e. The smallest absolute Gasteiger partial charge is 0.216 e. The maximum absolute atomic E-state index is 4.84. The second-order valence-electron chi connectivity index (χ2n) is 1.91. The molecular formula is C4H12BNO. The molecule has 0 heterocycles. The Morgan fingerprint density at radius 2 is 2.29 bits per heavy atom. The fraction of sp³-hybridized carbons (Fsp3) is 1.00. The molecule has 0 aliphatic heterocycles. The minimum absolute atomic E-state index is 0.618. The summed E-state index contributed by atoms with van der Waals surface area (Å²) < 4.78 is 0. The number of nitrogens with one attached hydrogen (secondary N) is 1. The van der Waals surface area contributed by atoms with Crippen molar-refractivity contribution < 1.29 is 4.84 Å². The van der Waals surface area contributed by atoms with E-state index in [1.165, 1.54) is 0 Å². The molecule has 2 nitrogen and oxygen atoms in total. The van der Waals surface area contributed by atoms with Crippen molar-refractivity contribution in [2.45, 2.75) is 13.8 Å². The van der Waals surface area contributed by atoms with Crippen LogP contribution in [0.1, 0.15) is 13.8 Å². The quantitative estimate of drug-likeness (QED) is 0.389. The van der Waals surface area contributed by atoms with Crippen molar-refractivity contribution in [3.05, 3.63) is 0 Å². The Labute approximate surface area is 45.6 Å². The zero-order valence-corrected chi connectivity index (χ0v) is 5.19. The SMILES string of the molecule is BNOCC(C)C. The molecule has 0 radical (unpaired) electrons. The molecule has 0 amide bonds. The van der Waals surface area contributed by atoms with Gasteiger partial charge in [0.2, 0.25) is 7.98 Å². The molecule has 0 saturated heterocycles. The second kappa shape index (κ2) is 4.15. The number of rotatable bonds is 3. The highest BCUT2D eigenvalue weighted by Crippen LogP contribution is 1.88. The van der Waals surface area contributed by atoms with Gasteiger partial charge in [-0.15, -0.1) is 0 Å². The van der Waals surface area contributed by atoms with E-state index < -0.39 is 0 Å². The molecule has 0 aliphatic rings. The lowest BCUT2D eigenvalue weighted by molar-refractivity contribution is 0.0733. The highest BCUT2D eigenvalue weighted by molar-refractivity contribution is 6.03. The van der Waals surface area contributed by atoms with E-state index in [9.17, 15) is 0 Å². The molecule has 0 rings (SSSR count). The molecule has 0 saturated carbocycles. The first-order valence-corrected chi connectivity index (χ1v) is 2.56. The van der Waals surface area contributed by atoms with E-state index in [4.69, 9.17) is 4.84 Å². The number of hydrogen-bond acceptors (Lipinski definition) is 2. The van der Waals surface area contributed by atoms with Crippen molar-refractivity contribution in [2.24, 2.45) is 5.92 Å². The van der Waals surface area contributed by atoms with Gasteiger partial charge < -0.3 is 4.84 Å². The van der Waals surface area contributed by atoms with Crippen LogP contribution in [0.5, 0.6) is 0 Å². The van der Waals surface area contributed by atoms with Crippen molar-refractivity contribution in [1.29, 1.82) is 0 Å². The van der Waals surface area contributed by atoms with Crippen LogP contribution in [0.2, 0.25) is 0 Å². The van der Waals surface area contributed by atoms with Crippen LogP contribution in [0.15, 0.2) is 0 Å². The van der Waals surface area contributed by atoms with Crippen LogP contribution in [0.25, 0.3) is 0 Å². The molecule has 0 spiro atoms. The fourth-order valence-corrected chi connectivity index (χ4v) is 0.250. The maximum Gasteiger partial charge on any atom is 0.216 e. The van der Waals surface area contributed by atoms with Gasteiger partial charge >= 0.3 is 0 Å². The zero-order valence-electron chi connectivity index (χ0n) is 5.19. The molecule has 0 aromatic heterocycles. The third-order valence-corrected chi connectivity index (χ3v) is 0.561. The van der Waals surface area contributed by atoms with E-state index in [2.05, 4.69) is 19.2 Å². The molecule has 7 heavy (non-hydrogen) atoms. The van der Waals surface area contributed by atoms with E-state index in [-0.39, 0.29) is 0 Å². The highest BCUT2D eigenvalue weighted by Gasteiger charge is 1.88. The van der Waals surface area contributed by atoms with Gasteiger partial charge in [-0.2, -0.15) is 0 Å². The minimum atomic E-state index is 0.618. The Morgan fingerprint density at radius 3 is 2.43 bits per heavy atom. The first-order chi connectivity index (χ1) is 3.27. The fourth-order valence-electron chi connectivity index (χ4n) is 0.250. The molecule has 42 valence electrons. The average molecular weight is 101 g/mol. The molecule has 3 heteroatoms. The molecule has 0 bridgehead atoms. The van der Waals surface area contributed by atoms with Gasteiger partial charge in [0.25, 0.3) is 0 Å². The first-order valence-electron chi connectivity index (χ1n) is 2.56. The van der Waals surface area contributed by atoms with Crippen molar-refractivity contribution in [3.63, 3.8) is 0 Å². The van der Waals surface area contributed by atoms with E-state index in [0.717, 1.165) is 6.61 Å². The summed E-state index contributed by atoms with van der Waals surface area (Å²) in [5, 5.41) is 2.60. The first kappa shape index (κ1) is 6.98. The van der Waals surface area contributed by atoms with Gasteiger partial charge in [-0.3, -0.25) is 5.39 Å². The summed E-state index contributed by atoms with van der Waals surface area (Å²) in [6.45, 7) is 5.01. The maximum atomic E-state index is 4.84. The van der Waals surface area contributed by atoms with E-state index in [1.807, 2.05) is 0 Å². The largest absolute Gasteiger partial charge is 0.314 e. The number of hydrogen-bond donors (Lipinski definition) is 1. The van der Waals surface area contributed by atoms with Crippen LogP contribution >= 0.6 is 0 Å². The topological polar surface area (TPSA) is 21.3 Å². The van der Waals surface area contributed by atoms with Crippen LogP contribution in [-0.4, -0.2) is 14.6 Å². The predicted octanol–water partition coefficient (Wildman–Crippen LogP) is -0.288. The lowest BCUT2D eigenvalue weighted by Gasteiger charge is -2.02. The Morgan fingerprint density at radius 1 is 1.71 bits per heavy atom. The summed E-state index contributed by atoms with van der Waals surface area (Å²) in [4.78, 5) is 4.84. The van der Waals surface area contributed by atoms with Crippen LogP contribution in [0.3, 0.4) is 0 Å². The summed E-state index contributed by atoms with van der Waals surface area (Å²) in [6, 6.07) is 0. The van der Waals surface area contributed by atoms with Gasteiger partial charge in [0, 0.05) is 0 Å². The second-order valence-corrected chi connectivity index (χ2v) is 1.91. The van der Waals surface area contributed by atoms with Gasteiger partial charge in [0.15, 0.2) is 0 Å². The highest BCUT2D eigenvalue weighted by atomic mass is 16.6. The molecule has 0 aromatic rings. The molecule has 0 atom stereocenters. The van der Waals surface area contributed by atoms with Crippen LogP contribution in [-0.2, 0) is 4.84 Å². The van der Waals surface area contributed by atoms with Crippen molar-refractivity contribution in [2.75, 3.05) is 6.61 Å². The normalized spacial score (nSPS) is 10.1. The summed E-state index contributed by atoms with van der Waals surface area (Å²) in [7, 11) is 1.77. The van der Waals surface area contributed by atoms with Gasteiger partial charge in [0.1, 0.15) is 0 Å². The van der Waals surface area contributed by atoms with Crippen LogP contribution < -0.4 is 5.39 Å². The standard InChI is InChI=1S/C4H12BNO/c1-4(2)3-7-6-5/h4,6H,3,5H2,1-2H3.